The van der Waals surface area contributed by atoms with Gasteiger partial charge in [-0.05, 0) is 18.9 Å². The molecule has 0 spiro atoms. The first-order valence-corrected chi connectivity index (χ1v) is 6.34. The number of rotatable bonds is 3. The van der Waals surface area contributed by atoms with E-state index in [-0.39, 0.29) is 12.1 Å². The number of esters is 1. The molecule has 1 aliphatic heterocycles. The molecule has 0 saturated heterocycles. The van der Waals surface area contributed by atoms with Crippen LogP contribution in [0.5, 0.6) is 0 Å². The molecule has 5 nitrogen and oxygen atoms in total. The number of hydrogen-bond acceptors (Lipinski definition) is 5. The number of fused-ring (bicyclic) bond motifs is 1. The average molecular weight is 260 g/mol. The van der Waals surface area contributed by atoms with Crippen LogP contribution in [0.2, 0.25) is 0 Å². The molecule has 1 unspecified atom stereocenters. The second kappa shape index (κ2) is 6.68. The Morgan fingerprint density at radius 1 is 1.32 bits per heavy atom. The maximum Gasteiger partial charge on any atom is 0.339 e. The Hall–Kier alpha value is -2.17. The van der Waals surface area contributed by atoms with Gasteiger partial charge in [0.15, 0.2) is 0 Å². The summed E-state index contributed by atoms with van der Waals surface area (Å²) in [7, 11) is 0. The lowest BCUT2D eigenvalue weighted by Crippen LogP contribution is -1.98. The summed E-state index contributed by atoms with van der Waals surface area (Å²) in [5.74, 6) is -0.165. The zero-order chi connectivity index (χ0) is 13.5. The standard InChI is InChI=1S/C12H14O2.C2H2N2O/c1-2-3-8-11-9-6-4-5-7-10(9)12(13)14-11;1-2-5-4-3-1/h4-7,11H,2-3,8H2,1H3;1-2H. The molecule has 0 aliphatic carbocycles. The second-order valence-corrected chi connectivity index (χ2v) is 4.21. The first kappa shape index (κ1) is 13.3. The van der Waals surface area contributed by atoms with Crippen molar-refractivity contribution in [2.45, 2.75) is 32.3 Å². The predicted molar refractivity (Wildman–Crippen MR) is 68.4 cm³/mol. The van der Waals surface area contributed by atoms with Gasteiger partial charge < -0.3 is 9.26 Å². The fourth-order valence-electron chi connectivity index (χ4n) is 1.96. The summed E-state index contributed by atoms with van der Waals surface area (Å²) in [6.07, 6.45) is 6.06. The van der Waals surface area contributed by atoms with E-state index in [0.717, 1.165) is 30.4 Å². The number of aromatic nitrogens is 2. The van der Waals surface area contributed by atoms with Gasteiger partial charge in [-0.15, -0.1) is 5.10 Å². The van der Waals surface area contributed by atoms with E-state index in [9.17, 15) is 4.79 Å². The van der Waals surface area contributed by atoms with Crippen molar-refractivity contribution in [2.24, 2.45) is 0 Å². The van der Waals surface area contributed by atoms with Crippen LogP contribution in [0.25, 0.3) is 0 Å². The highest BCUT2D eigenvalue weighted by atomic mass is 16.5. The molecule has 0 bridgehead atoms. The lowest BCUT2D eigenvalue weighted by atomic mass is 10.0. The Kier molecular flexibility index (Phi) is 4.66. The molecule has 3 rings (SSSR count). The first-order chi connectivity index (χ1) is 9.33. The van der Waals surface area contributed by atoms with Crippen molar-refractivity contribution in [3.05, 3.63) is 47.9 Å². The normalized spacial score (nSPS) is 16.3. The molecule has 1 aromatic heterocycles. The minimum atomic E-state index is -0.165. The third kappa shape index (κ3) is 3.40. The molecule has 19 heavy (non-hydrogen) atoms. The van der Waals surface area contributed by atoms with Gasteiger partial charge in [0.05, 0.1) is 11.8 Å². The molecule has 5 heteroatoms. The van der Waals surface area contributed by atoms with E-state index in [0.29, 0.717) is 0 Å². The summed E-state index contributed by atoms with van der Waals surface area (Å²) < 4.78 is 9.52. The van der Waals surface area contributed by atoms with Crippen LogP contribution in [-0.4, -0.2) is 16.3 Å². The van der Waals surface area contributed by atoms with Gasteiger partial charge in [-0.1, -0.05) is 31.5 Å². The Morgan fingerprint density at radius 3 is 2.79 bits per heavy atom. The number of unbranched alkanes of at least 4 members (excludes halogenated alkanes) is 1. The SMILES string of the molecule is CCCCC1OC(=O)c2ccccc21.c1conn1. The van der Waals surface area contributed by atoms with E-state index in [4.69, 9.17) is 4.74 Å². The summed E-state index contributed by atoms with van der Waals surface area (Å²) in [4.78, 5) is 11.4. The summed E-state index contributed by atoms with van der Waals surface area (Å²) in [5.41, 5.74) is 1.81. The maximum atomic E-state index is 11.4. The van der Waals surface area contributed by atoms with E-state index in [1.54, 1.807) is 0 Å². The summed E-state index contributed by atoms with van der Waals surface area (Å²) >= 11 is 0. The first-order valence-electron chi connectivity index (χ1n) is 6.34. The molecule has 1 aromatic carbocycles. The minimum Gasteiger partial charge on any atom is -0.454 e. The van der Waals surface area contributed by atoms with Crippen LogP contribution in [0.4, 0.5) is 0 Å². The molecule has 100 valence electrons. The zero-order valence-electron chi connectivity index (χ0n) is 10.8. The minimum absolute atomic E-state index is 0.00125. The molecule has 0 amide bonds. The molecule has 0 saturated carbocycles. The van der Waals surface area contributed by atoms with E-state index in [2.05, 4.69) is 21.8 Å². The van der Waals surface area contributed by atoms with Gasteiger partial charge in [-0.2, -0.15) is 0 Å². The van der Waals surface area contributed by atoms with E-state index in [1.807, 2.05) is 24.3 Å². The van der Waals surface area contributed by atoms with E-state index in [1.165, 1.54) is 12.5 Å². The predicted octanol–water partition coefficient (Wildman–Crippen LogP) is 3.16. The molecule has 0 N–H and O–H groups in total. The molecule has 0 fully saturated rings. The number of hydrogen-bond donors (Lipinski definition) is 0. The van der Waals surface area contributed by atoms with Crippen molar-refractivity contribution in [3.63, 3.8) is 0 Å². The largest absolute Gasteiger partial charge is 0.454 e. The summed E-state index contributed by atoms with van der Waals surface area (Å²) in [5, 5.41) is 6.40. The van der Waals surface area contributed by atoms with E-state index >= 15 is 0 Å². The number of benzene rings is 1. The number of ether oxygens (including phenoxy) is 1. The fourth-order valence-corrected chi connectivity index (χ4v) is 1.96. The quantitative estimate of drug-likeness (QED) is 0.793. The van der Waals surface area contributed by atoms with Crippen molar-refractivity contribution in [1.82, 2.24) is 10.4 Å². The lowest BCUT2D eigenvalue weighted by Gasteiger charge is -2.08. The van der Waals surface area contributed by atoms with Crippen molar-refractivity contribution < 1.29 is 14.1 Å². The molecule has 1 atom stereocenters. The number of carbonyl (C=O) groups excluding carboxylic acids is 1. The van der Waals surface area contributed by atoms with Crippen LogP contribution in [0.1, 0.15) is 48.2 Å². The number of carbonyl (C=O) groups is 1. The van der Waals surface area contributed by atoms with Gasteiger partial charge in [0.2, 0.25) is 0 Å². The Morgan fingerprint density at radius 2 is 2.16 bits per heavy atom. The lowest BCUT2D eigenvalue weighted by molar-refractivity contribution is 0.0364. The average Bonchev–Trinajstić information content (AvgIpc) is 3.10. The van der Waals surface area contributed by atoms with E-state index < -0.39 is 0 Å². The highest BCUT2D eigenvalue weighted by Gasteiger charge is 2.29. The smallest absolute Gasteiger partial charge is 0.339 e. The number of nitrogens with zero attached hydrogens (tertiary/aromatic N) is 2. The molecule has 0 radical (unpaired) electrons. The molecular formula is C14H16N2O3. The van der Waals surface area contributed by atoms with Gasteiger partial charge in [-0.25, -0.2) is 4.79 Å². The third-order valence-electron chi connectivity index (χ3n) is 2.88. The van der Waals surface area contributed by atoms with Gasteiger partial charge >= 0.3 is 5.97 Å². The highest BCUT2D eigenvalue weighted by molar-refractivity contribution is 5.93. The monoisotopic (exact) mass is 260 g/mol. The third-order valence-corrected chi connectivity index (χ3v) is 2.88. The van der Waals surface area contributed by atoms with Crippen LogP contribution < -0.4 is 0 Å². The van der Waals surface area contributed by atoms with Crippen LogP contribution in [-0.2, 0) is 4.74 Å². The van der Waals surface area contributed by atoms with Crippen molar-refractivity contribution in [3.8, 4) is 0 Å². The Bertz CT molecular complexity index is 494. The van der Waals surface area contributed by atoms with Crippen LogP contribution >= 0.6 is 0 Å². The van der Waals surface area contributed by atoms with Crippen LogP contribution in [0, 0.1) is 0 Å². The van der Waals surface area contributed by atoms with Crippen LogP contribution in [0.3, 0.4) is 0 Å². The van der Waals surface area contributed by atoms with Gasteiger partial charge in [0.1, 0.15) is 12.4 Å². The van der Waals surface area contributed by atoms with Gasteiger partial charge in [0.25, 0.3) is 0 Å². The Labute approximate surface area is 111 Å². The van der Waals surface area contributed by atoms with Gasteiger partial charge in [0, 0.05) is 10.8 Å². The molecule has 2 aromatic rings. The highest BCUT2D eigenvalue weighted by Crippen LogP contribution is 2.33. The molecular weight excluding hydrogens is 244 g/mol. The van der Waals surface area contributed by atoms with Crippen molar-refractivity contribution in [1.29, 1.82) is 0 Å². The second-order valence-electron chi connectivity index (χ2n) is 4.21. The molecule has 1 aliphatic rings. The summed E-state index contributed by atoms with van der Waals surface area (Å²) in [6.45, 7) is 2.14. The number of cyclic esters (lactones) is 1. The van der Waals surface area contributed by atoms with Crippen molar-refractivity contribution >= 4 is 5.97 Å². The topological polar surface area (TPSA) is 65.2 Å². The summed E-state index contributed by atoms with van der Waals surface area (Å²) in [6, 6.07) is 7.66. The van der Waals surface area contributed by atoms with Crippen molar-refractivity contribution in [2.75, 3.05) is 0 Å². The zero-order valence-corrected chi connectivity index (χ0v) is 10.8. The molecule has 2 heterocycles. The maximum absolute atomic E-state index is 11.4. The Balaban J connectivity index is 0.000000224. The fraction of sp³-hybridized carbons (Fsp3) is 0.357. The van der Waals surface area contributed by atoms with Crippen LogP contribution in [0.15, 0.2) is 41.2 Å². The van der Waals surface area contributed by atoms with Gasteiger partial charge in [-0.3, -0.25) is 0 Å².